The maximum absolute atomic E-state index is 15.4. The van der Waals surface area contributed by atoms with E-state index in [-0.39, 0.29) is 36.0 Å². The standard InChI is InChI=1S/C45H51F2N11O4/c1-26-17-29-19-38(49-26)33-23-48-54(2)44(33)62-25-28-4-3-27(18-28)24-58-39-22-32(5-6-36(39)51-45(58)53-42(29)60)56-15-13-55(14-16-56)31-9-11-57(12-10-31)41-34(46)20-30(21-35(41)47)50-37-7-8-40(59)52-43(37)61/h5-6,17,19-23,27-28,31,37,50H,3-4,7-16,18,24-25H2,1-2H3,(H,51,53,60)(H,52,59,61)/t27-,28+,37?/m1/s1. The number of imidazole rings is 1. The van der Waals surface area contributed by atoms with Crippen molar-refractivity contribution in [1.29, 1.82) is 0 Å². The van der Waals surface area contributed by atoms with Crippen LogP contribution in [0.15, 0.2) is 48.7 Å². The molecule has 15 nitrogen and oxygen atoms in total. The molecule has 2 aromatic carbocycles. The second kappa shape index (κ2) is 16.3. The number of hydrogen-bond acceptors (Lipinski definition) is 11. The summed E-state index contributed by atoms with van der Waals surface area (Å²) >= 11 is 0. The average Bonchev–Trinajstić information content (AvgIpc) is 3.97. The van der Waals surface area contributed by atoms with Crippen LogP contribution in [0.5, 0.6) is 5.88 Å². The molecule has 1 unspecified atom stereocenters. The Labute approximate surface area is 357 Å². The van der Waals surface area contributed by atoms with Gasteiger partial charge in [0.1, 0.15) is 11.7 Å². The Balaban J connectivity index is 0.813. The zero-order chi connectivity index (χ0) is 42.6. The van der Waals surface area contributed by atoms with Crippen molar-refractivity contribution in [2.75, 3.05) is 66.3 Å². The number of piperidine rings is 2. The summed E-state index contributed by atoms with van der Waals surface area (Å²) in [6.45, 7) is 7.65. The topological polar surface area (TPSA) is 155 Å². The van der Waals surface area contributed by atoms with Crippen molar-refractivity contribution in [3.05, 3.63) is 71.6 Å². The van der Waals surface area contributed by atoms with Crippen LogP contribution >= 0.6 is 0 Å². The first-order valence-corrected chi connectivity index (χ1v) is 21.8. The summed E-state index contributed by atoms with van der Waals surface area (Å²) in [4.78, 5) is 54.0. The average molecular weight is 848 g/mol. The molecule has 62 heavy (non-hydrogen) atoms. The number of amides is 3. The van der Waals surface area contributed by atoms with E-state index < -0.39 is 23.6 Å². The van der Waals surface area contributed by atoms with E-state index >= 15 is 8.78 Å². The van der Waals surface area contributed by atoms with Crippen molar-refractivity contribution < 1.29 is 27.9 Å². The summed E-state index contributed by atoms with van der Waals surface area (Å²) in [5.74, 6) is -0.479. The SMILES string of the molecule is Cc1cc2cc(n1)-c1cnn(C)c1OC[C@H]1CC[C@H](C1)Cn1c(nc3ccc(N4CCN(C5CCN(c6c(F)cc(NC7CCC(=O)NC7=O)cc6F)CC5)CC4)cc31)NC2=O. The van der Waals surface area contributed by atoms with Gasteiger partial charge in [-0.05, 0) is 99.7 Å². The molecule has 324 valence electrons. The summed E-state index contributed by atoms with van der Waals surface area (Å²) in [5.41, 5.74) is 5.64. The first kappa shape index (κ1) is 40.0. The normalized spacial score (nSPS) is 22.6. The number of hydrogen-bond donors (Lipinski definition) is 3. The third-order valence-corrected chi connectivity index (χ3v) is 13.5. The molecule has 5 aliphatic rings. The number of nitrogens with one attached hydrogen (secondary N) is 3. The minimum Gasteiger partial charge on any atom is -0.477 e. The summed E-state index contributed by atoms with van der Waals surface area (Å²) in [6, 6.07) is 12.0. The van der Waals surface area contributed by atoms with Gasteiger partial charge in [-0.1, -0.05) is 0 Å². The van der Waals surface area contributed by atoms with Gasteiger partial charge in [0.2, 0.25) is 23.6 Å². The second-order valence-electron chi connectivity index (χ2n) is 17.6. The summed E-state index contributed by atoms with van der Waals surface area (Å²) in [5, 5.41) is 12.8. The maximum atomic E-state index is 15.4. The highest BCUT2D eigenvalue weighted by atomic mass is 19.1. The zero-order valence-electron chi connectivity index (χ0n) is 35.0. The molecule has 0 radical (unpaired) electrons. The number of ether oxygens (including phenoxy) is 1. The first-order chi connectivity index (χ1) is 30.0. The molecular formula is C45H51F2N11O4. The number of aryl methyl sites for hydroxylation is 2. The van der Waals surface area contributed by atoms with Crippen molar-refractivity contribution in [3.63, 3.8) is 0 Å². The smallest absolute Gasteiger partial charge is 0.258 e. The summed E-state index contributed by atoms with van der Waals surface area (Å²) in [7, 11) is 1.86. The third kappa shape index (κ3) is 7.82. The molecular weight excluding hydrogens is 797 g/mol. The van der Waals surface area contributed by atoms with Gasteiger partial charge in [0.15, 0.2) is 11.6 Å². The van der Waals surface area contributed by atoms with Crippen LogP contribution in [0.1, 0.15) is 61.0 Å². The minimum absolute atomic E-state index is 0.0452. The van der Waals surface area contributed by atoms with Crippen LogP contribution < -0.4 is 30.5 Å². The number of rotatable bonds is 5. The predicted octanol–water partition coefficient (Wildman–Crippen LogP) is 5.49. The molecule has 3 amide bonds. The number of imide groups is 1. The van der Waals surface area contributed by atoms with E-state index in [9.17, 15) is 14.4 Å². The van der Waals surface area contributed by atoms with Gasteiger partial charge in [0.05, 0.1) is 35.1 Å². The van der Waals surface area contributed by atoms with E-state index in [1.54, 1.807) is 27.9 Å². The van der Waals surface area contributed by atoms with Gasteiger partial charge in [-0.25, -0.2) is 18.4 Å². The number of piperazine rings is 1. The van der Waals surface area contributed by atoms with E-state index in [2.05, 4.69) is 53.6 Å². The van der Waals surface area contributed by atoms with E-state index in [0.717, 1.165) is 87.1 Å². The number of nitrogens with zero attached hydrogens (tertiary/aromatic N) is 8. The number of fused-ring (bicyclic) bond motifs is 9. The van der Waals surface area contributed by atoms with Crippen LogP contribution in [0.3, 0.4) is 0 Å². The molecule has 3 N–H and O–H groups in total. The molecule has 1 aliphatic carbocycles. The number of pyridine rings is 1. The Hall–Kier alpha value is -6.10. The van der Waals surface area contributed by atoms with E-state index in [1.165, 1.54) is 12.1 Å². The van der Waals surface area contributed by atoms with Gasteiger partial charge in [-0.15, -0.1) is 0 Å². The maximum Gasteiger partial charge on any atom is 0.258 e. The number of carbonyl (C=O) groups is 3. The molecule has 3 aromatic heterocycles. The second-order valence-corrected chi connectivity index (χ2v) is 17.6. The number of anilines is 4. The number of halogens is 2. The van der Waals surface area contributed by atoms with Gasteiger partial charge in [-0.2, -0.15) is 5.10 Å². The molecule has 4 bridgehead atoms. The van der Waals surface area contributed by atoms with E-state index in [4.69, 9.17) is 14.7 Å². The Morgan fingerprint density at radius 1 is 0.839 bits per heavy atom. The molecule has 7 heterocycles. The van der Waals surface area contributed by atoms with Crippen LogP contribution in [0.25, 0.3) is 22.3 Å². The predicted molar refractivity (Wildman–Crippen MR) is 230 cm³/mol. The monoisotopic (exact) mass is 847 g/mol. The van der Waals surface area contributed by atoms with Crippen LogP contribution in [0.4, 0.5) is 31.8 Å². The van der Waals surface area contributed by atoms with Crippen molar-refractivity contribution in [2.45, 2.75) is 70.5 Å². The van der Waals surface area contributed by atoms with Crippen molar-refractivity contribution in [2.24, 2.45) is 18.9 Å². The van der Waals surface area contributed by atoms with E-state index in [1.807, 2.05) is 14.0 Å². The molecule has 0 spiro atoms. The zero-order valence-corrected chi connectivity index (χ0v) is 35.0. The van der Waals surface area contributed by atoms with Crippen molar-refractivity contribution in [3.8, 4) is 17.1 Å². The Kier molecular flexibility index (Phi) is 10.5. The lowest BCUT2D eigenvalue weighted by Crippen LogP contribution is -2.53. The summed E-state index contributed by atoms with van der Waals surface area (Å²) < 4.78 is 41.2. The lowest BCUT2D eigenvalue weighted by Gasteiger charge is -2.44. The van der Waals surface area contributed by atoms with Crippen LogP contribution in [0, 0.1) is 30.4 Å². The lowest BCUT2D eigenvalue weighted by molar-refractivity contribution is -0.133. The van der Waals surface area contributed by atoms with Crippen LogP contribution in [-0.2, 0) is 23.2 Å². The first-order valence-electron chi connectivity index (χ1n) is 21.8. The highest BCUT2D eigenvalue weighted by Gasteiger charge is 2.33. The van der Waals surface area contributed by atoms with E-state index in [0.29, 0.717) is 66.4 Å². The van der Waals surface area contributed by atoms with Gasteiger partial charge in [-0.3, -0.25) is 34.9 Å². The molecule has 1 saturated carbocycles. The fourth-order valence-corrected chi connectivity index (χ4v) is 10.2. The minimum atomic E-state index is -0.726. The lowest BCUT2D eigenvalue weighted by atomic mass is 10.0. The molecule has 3 atom stereocenters. The van der Waals surface area contributed by atoms with Gasteiger partial charge in [0.25, 0.3) is 5.91 Å². The quantitative estimate of drug-likeness (QED) is 0.193. The molecule has 4 aliphatic heterocycles. The van der Waals surface area contributed by atoms with Crippen LogP contribution in [0.2, 0.25) is 0 Å². The Morgan fingerprint density at radius 3 is 2.39 bits per heavy atom. The van der Waals surface area contributed by atoms with Gasteiger partial charge >= 0.3 is 0 Å². The Morgan fingerprint density at radius 2 is 1.61 bits per heavy atom. The van der Waals surface area contributed by atoms with Crippen molar-refractivity contribution >= 4 is 51.8 Å². The van der Waals surface area contributed by atoms with Crippen molar-refractivity contribution in [1.82, 2.24) is 34.5 Å². The molecule has 17 heteroatoms. The number of benzene rings is 2. The highest BCUT2D eigenvalue weighted by Crippen LogP contribution is 2.38. The molecule has 3 saturated heterocycles. The van der Waals surface area contributed by atoms with Gasteiger partial charge in [0, 0.05) is 88.0 Å². The van der Waals surface area contributed by atoms with Crippen LogP contribution in [-0.4, -0.2) is 105 Å². The molecule has 4 fully saturated rings. The van der Waals surface area contributed by atoms with Gasteiger partial charge < -0.3 is 24.4 Å². The fourth-order valence-electron chi connectivity index (χ4n) is 10.2. The molecule has 5 aromatic rings. The Bertz CT molecular complexity index is 2540. The largest absolute Gasteiger partial charge is 0.477 e. The number of aromatic nitrogens is 5. The molecule has 10 rings (SSSR count). The number of carbonyl (C=O) groups excluding carboxylic acids is 3. The highest BCUT2D eigenvalue weighted by molar-refractivity contribution is 6.05. The fraction of sp³-hybridized carbons (Fsp3) is 0.467. The summed E-state index contributed by atoms with van der Waals surface area (Å²) in [6.07, 6.45) is 6.87. The third-order valence-electron chi connectivity index (χ3n) is 13.5.